The fourth-order valence-corrected chi connectivity index (χ4v) is 5.21. The van der Waals surface area contributed by atoms with Gasteiger partial charge in [0, 0.05) is 17.0 Å². The first-order valence-corrected chi connectivity index (χ1v) is 12.6. The second-order valence-electron chi connectivity index (χ2n) is 10.5. The number of nitrogens with two attached hydrogens (primary N) is 1. The Morgan fingerprint density at radius 2 is 2.08 bits per heavy atom. The number of carbonyl (C=O) groups excluding carboxylic acids is 1. The molecule has 3 aromatic rings. The predicted octanol–water partition coefficient (Wildman–Crippen LogP) is 5.60. The van der Waals surface area contributed by atoms with Crippen LogP contribution in [0.25, 0.3) is 11.3 Å². The molecule has 2 aliphatic rings. The number of hydrogen-bond donors (Lipinski definition) is 2. The number of anilines is 2. The first-order chi connectivity index (χ1) is 17.2. The van der Waals surface area contributed by atoms with Crippen molar-refractivity contribution in [3.63, 3.8) is 0 Å². The number of carbonyl (C=O) groups is 1. The minimum absolute atomic E-state index is 0.0569. The molecule has 3 N–H and O–H groups in total. The SMILES string of the molecule is CCCC1(c2cc(NC(=O)C(C)c3ccc(-c4nn(C5(C)CC5)c(N)c4C#N)c(F)c3)on2)CCC1. The highest BCUT2D eigenvalue weighted by molar-refractivity contribution is 5.94. The van der Waals surface area contributed by atoms with E-state index in [9.17, 15) is 10.1 Å². The van der Waals surface area contributed by atoms with Gasteiger partial charge >= 0.3 is 0 Å². The number of rotatable bonds is 8. The topological polar surface area (TPSA) is 123 Å². The van der Waals surface area contributed by atoms with Gasteiger partial charge in [-0.05, 0) is 63.6 Å². The molecule has 2 aliphatic carbocycles. The van der Waals surface area contributed by atoms with Gasteiger partial charge in [0.2, 0.25) is 11.8 Å². The average Bonchev–Trinajstić information content (AvgIpc) is 3.24. The number of nitrogen functional groups attached to an aromatic ring is 1. The van der Waals surface area contributed by atoms with Gasteiger partial charge in [0.25, 0.3) is 0 Å². The summed E-state index contributed by atoms with van der Waals surface area (Å²) >= 11 is 0. The number of nitrogens with one attached hydrogen (secondary N) is 1. The number of aromatic nitrogens is 3. The molecular formula is C27H31FN6O2. The van der Waals surface area contributed by atoms with Crippen LogP contribution >= 0.6 is 0 Å². The van der Waals surface area contributed by atoms with Crippen LogP contribution < -0.4 is 11.1 Å². The Labute approximate surface area is 209 Å². The van der Waals surface area contributed by atoms with Crippen LogP contribution in [0.4, 0.5) is 16.1 Å². The van der Waals surface area contributed by atoms with Gasteiger partial charge in [-0.3, -0.25) is 10.1 Å². The fourth-order valence-electron chi connectivity index (χ4n) is 5.21. The zero-order valence-electron chi connectivity index (χ0n) is 20.9. The highest BCUT2D eigenvalue weighted by atomic mass is 19.1. The lowest BCUT2D eigenvalue weighted by atomic mass is 9.64. The predicted molar refractivity (Wildman–Crippen MR) is 134 cm³/mol. The molecule has 2 saturated carbocycles. The van der Waals surface area contributed by atoms with Crippen molar-refractivity contribution in [2.75, 3.05) is 11.1 Å². The maximum atomic E-state index is 15.2. The third-order valence-electron chi connectivity index (χ3n) is 8.00. The molecule has 0 saturated heterocycles. The van der Waals surface area contributed by atoms with Crippen LogP contribution in [0.2, 0.25) is 0 Å². The van der Waals surface area contributed by atoms with Crippen molar-refractivity contribution in [3.05, 3.63) is 46.9 Å². The summed E-state index contributed by atoms with van der Waals surface area (Å²) in [5.74, 6) is -0.982. The molecule has 1 unspecified atom stereocenters. The van der Waals surface area contributed by atoms with Crippen LogP contribution in [0.1, 0.15) is 88.5 Å². The highest BCUT2D eigenvalue weighted by Gasteiger charge is 2.43. The van der Waals surface area contributed by atoms with Crippen molar-refractivity contribution in [3.8, 4) is 17.3 Å². The number of hydrogen-bond acceptors (Lipinski definition) is 6. The summed E-state index contributed by atoms with van der Waals surface area (Å²) in [5, 5.41) is 21.1. The van der Waals surface area contributed by atoms with Gasteiger partial charge < -0.3 is 10.3 Å². The Morgan fingerprint density at radius 3 is 2.67 bits per heavy atom. The Hall–Kier alpha value is -3.67. The largest absolute Gasteiger partial charge is 0.383 e. The van der Waals surface area contributed by atoms with Gasteiger partial charge in [0.15, 0.2) is 0 Å². The summed E-state index contributed by atoms with van der Waals surface area (Å²) in [7, 11) is 0. The zero-order chi connectivity index (χ0) is 25.7. The molecule has 2 heterocycles. The van der Waals surface area contributed by atoms with E-state index in [1.165, 1.54) is 12.5 Å². The van der Waals surface area contributed by atoms with E-state index in [-0.39, 0.29) is 39.5 Å². The molecule has 1 aromatic carbocycles. The summed E-state index contributed by atoms with van der Waals surface area (Å²) in [5.41, 5.74) is 7.94. The number of benzene rings is 1. The lowest BCUT2D eigenvalue weighted by Gasteiger charge is -2.40. The molecule has 188 valence electrons. The van der Waals surface area contributed by atoms with Crippen molar-refractivity contribution >= 4 is 17.6 Å². The smallest absolute Gasteiger partial charge is 0.234 e. The van der Waals surface area contributed by atoms with E-state index >= 15 is 4.39 Å². The number of nitrogens with zero attached hydrogens (tertiary/aromatic N) is 4. The second-order valence-corrected chi connectivity index (χ2v) is 10.5. The van der Waals surface area contributed by atoms with E-state index in [1.807, 2.05) is 13.0 Å². The molecule has 0 spiro atoms. The lowest BCUT2D eigenvalue weighted by Crippen LogP contribution is -2.34. The molecule has 0 aliphatic heterocycles. The molecular weight excluding hydrogens is 459 g/mol. The highest BCUT2D eigenvalue weighted by Crippen LogP contribution is 2.47. The quantitative estimate of drug-likeness (QED) is 0.423. The van der Waals surface area contributed by atoms with Crippen LogP contribution in [0.5, 0.6) is 0 Å². The van der Waals surface area contributed by atoms with Crippen molar-refractivity contribution in [2.24, 2.45) is 0 Å². The molecule has 1 amide bonds. The zero-order valence-corrected chi connectivity index (χ0v) is 20.9. The average molecular weight is 491 g/mol. The van der Waals surface area contributed by atoms with Crippen LogP contribution in [-0.4, -0.2) is 20.8 Å². The molecule has 8 nitrogen and oxygen atoms in total. The lowest BCUT2D eigenvalue weighted by molar-refractivity contribution is -0.117. The summed E-state index contributed by atoms with van der Waals surface area (Å²) in [6, 6.07) is 8.41. The van der Waals surface area contributed by atoms with Crippen LogP contribution in [0.3, 0.4) is 0 Å². The third kappa shape index (κ3) is 3.94. The molecule has 2 fully saturated rings. The van der Waals surface area contributed by atoms with Gasteiger partial charge in [-0.25, -0.2) is 9.07 Å². The Bertz CT molecular complexity index is 1360. The monoisotopic (exact) mass is 490 g/mol. The molecule has 9 heteroatoms. The number of halogens is 1. The van der Waals surface area contributed by atoms with Gasteiger partial charge in [-0.15, -0.1) is 0 Å². The molecule has 5 rings (SSSR count). The molecule has 0 bridgehead atoms. The molecule has 36 heavy (non-hydrogen) atoms. The van der Waals surface area contributed by atoms with E-state index in [0.29, 0.717) is 11.4 Å². The van der Waals surface area contributed by atoms with E-state index in [2.05, 4.69) is 28.6 Å². The van der Waals surface area contributed by atoms with Crippen molar-refractivity contribution in [1.29, 1.82) is 5.26 Å². The first kappa shape index (κ1) is 24.0. The maximum Gasteiger partial charge on any atom is 0.234 e. The summed E-state index contributed by atoms with van der Waals surface area (Å²) < 4.78 is 22.3. The van der Waals surface area contributed by atoms with E-state index in [4.69, 9.17) is 10.3 Å². The second kappa shape index (κ2) is 8.77. The number of nitriles is 1. The van der Waals surface area contributed by atoms with E-state index in [0.717, 1.165) is 44.2 Å². The Morgan fingerprint density at radius 1 is 1.33 bits per heavy atom. The van der Waals surface area contributed by atoms with E-state index < -0.39 is 11.7 Å². The molecule has 2 aromatic heterocycles. The van der Waals surface area contributed by atoms with Gasteiger partial charge in [-0.2, -0.15) is 10.4 Å². The normalized spacial score (nSPS) is 18.2. The minimum Gasteiger partial charge on any atom is -0.383 e. The Kier molecular flexibility index (Phi) is 5.86. The fraction of sp³-hybridized carbons (Fsp3) is 0.481. The van der Waals surface area contributed by atoms with Crippen molar-refractivity contribution in [2.45, 2.75) is 82.6 Å². The van der Waals surface area contributed by atoms with Crippen LogP contribution in [0.15, 0.2) is 28.8 Å². The molecule has 1 atom stereocenters. The van der Waals surface area contributed by atoms with Crippen molar-refractivity contribution < 1.29 is 13.7 Å². The van der Waals surface area contributed by atoms with E-state index in [1.54, 1.807) is 23.7 Å². The standard InChI is InChI=1S/C27H31FN6O2/c1-4-8-27(9-5-10-27)21-14-22(36-33-21)31-25(35)16(2)17-6-7-18(20(28)13-17)23-19(15-29)24(30)34(32-23)26(3)11-12-26/h6-7,13-14,16H,4-5,8-12,30H2,1-3H3,(H,31,35). The summed E-state index contributed by atoms with van der Waals surface area (Å²) in [6.45, 7) is 5.87. The first-order valence-electron chi connectivity index (χ1n) is 12.6. The third-order valence-corrected chi connectivity index (χ3v) is 8.00. The Balaban J connectivity index is 1.34. The maximum absolute atomic E-state index is 15.2. The summed E-state index contributed by atoms with van der Waals surface area (Å²) in [6.07, 6.45) is 7.27. The molecule has 0 radical (unpaired) electrons. The van der Waals surface area contributed by atoms with Crippen LogP contribution in [-0.2, 0) is 15.7 Å². The van der Waals surface area contributed by atoms with Crippen LogP contribution in [0, 0.1) is 17.1 Å². The minimum atomic E-state index is -0.640. The number of amides is 1. The van der Waals surface area contributed by atoms with Gasteiger partial charge in [-0.1, -0.05) is 31.0 Å². The van der Waals surface area contributed by atoms with Gasteiger partial charge in [0.05, 0.1) is 17.2 Å². The summed E-state index contributed by atoms with van der Waals surface area (Å²) in [4.78, 5) is 12.9. The van der Waals surface area contributed by atoms with Gasteiger partial charge in [0.1, 0.15) is 29.0 Å². The van der Waals surface area contributed by atoms with Crippen molar-refractivity contribution in [1.82, 2.24) is 14.9 Å².